The predicted molar refractivity (Wildman–Crippen MR) is 70.8 cm³/mol. The van der Waals surface area contributed by atoms with E-state index in [1.54, 1.807) is 4.90 Å². The number of hydrogen-bond donors (Lipinski definition) is 1. The highest BCUT2D eigenvalue weighted by Gasteiger charge is 2.26. The van der Waals surface area contributed by atoms with E-state index in [9.17, 15) is 4.79 Å². The van der Waals surface area contributed by atoms with Gasteiger partial charge in [0.2, 0.25) is 5.91 Å². The molecule has 0 aliphatic heterocycles. The fourth-order valence-corrected chi connectivity index (χ4v) is 2.53. The van der Waals surface area contributed by atoms with Gasteiger partial charge < -0.3 is 10.6 Å². The minimum absolute atomic E-state index is 0.192. The molecule has 1 saturated carbocycles. The van der Waals surface area contributed by atoms with E-state index in [1.807, 2.05) is 14.1 Å². The summed E-state index contributed by atoms with van der Waals surface area (Å²) in [6.07, 6.45) is 5.65. The fourth-order valence-electron chi connectivity index (χ4n) is 2.53. The number of amides is 1. The van der Waals surface area contributed by atoms with Crippen molar-refractivity contribution in [1.82, 2.24) is 9.80 Å². The van der Waals surface area contributed by atoms with E-state index in [4.69, 9.17) is 5.73 Å². The van der Waals surface area contributed by atoms with E-state index in [0.717, 1.165) is 25.8 Å². The van der Waals surface area contributed by atoms with E-state index in [1.165, 1.54) is 12.8 Å². The van der Waals surface area contributed by atoms with Crippen LogP contribution in [0.2, 0.25) is 0 Å². The van der Waals surface area contributed by atoms with Crippen LogP contribution in [0.25, 0.3) is 0 Å². The molecule has 0 aromatic rings. The first-order valence-corrected chi connectivity index (χ1v) is 6.74. The summed E-state index contributed by atoms with van der Waals surface area (Å²) >= 11 is 0. The highest BCUT2D eigenvalue weighted by atomic mass is 16.2. The summed E-state index contributed by atoms with van der Waals surface area (Å²) in [6, 6.07) is 0.824. The lowest BCUT2D eigenvalue weighted by molar-refractivity contribution is -0.130. The van der Waals surface area contributed by atoms with Gasteiger partial charge in [-0.05, 0) is 32.2 Å². The zero-order valence-corrected chi connectivity index (χ0v) is 11.5. The molecule has 2 unspecified atom stereocenters. The first-order chi connectivity index (χ1) is 8.04. The molecule has 2 atom stereocenters. The fraction of sp³-hybridized carbons (Fsp3) is 0.923. The first kappa shape index (κ1) is 14.5. The molecular formula is C13H27N3O. The summed E-state index contributed by atoms with van der Waals surface area (Å²) in [7, 11) is 3.64. The predicted octanol–water partition coefficient (Wildman–Crippen LogP) is 1.06. The Morgan fingerprint density at radius 1 is 1.35 bits per heavy atom. The van der Waals surface area contributed by atoms with Gasteiger partial charge in [-0.3, -0.25) is 9.69 Å². The van der Waals surface area contributed by atoms with Crippen LogP contribution < -0.4 is 5.73 Å². The summed E-state index contributed by atoms with van der Waals surface area (Å²) in [6.45, 7) is 3.70. The molecule has 1 aliphatic carbocycles. The standard InChI is InChI=1S/C13H27N3O/c1-4-8-16(10-13(17)15(2)3)12-7-5-6-11(14)9-12/h11-12H,4-10,14H2,1-3H3. The molecule has 0 saturated heterocycles. The number of carbonyl (C=O) groups is 1. The van der Waals surface area contributed by atoms with Gasteiger partial charge in [-0.2, -0.15) is 0 Å². The van der Waals surface area contributed by atoms with Crippen LogP contribution in [0.4, 0.5) is 0 Å². The average molecular weight is 241 g/mol. The number of nitrogens with zero attached hydrogens (tertiary/aromatic N) is 2. The SMILES string of the molecule is CCCN(CC(=O)N(C)C)C1CCCC(N)C1. The van der Waals surface area contributed by atoms with E-state index >= 15 is 0 Å². The van der Waals surface area contributed by atoms with E-state index < -0.39 is 0 Å². The van der Waals surface area contributed by atoms with Crippen LogP contribution in [-0.4, -0.2) is 55.0 Å². The quantitative estimate of drug-likeness (QED) is 0.783. The van der Waals surface area contributed by atoms with Crippen LogP contribution in [0, 0.1) is 0 Å². The third-order valence-corrected chi connectivity index (χ3v) is 3.55. The summed E-state index contributed by atoms with van der Waals surface area (Å²) in [5.74, 6) is 0.192. The molecule has 1 rings (SSSR count). The molecule has 0 spiro atoms. The van der Waals surface area contributed by atoms with E-state index in [2.05, 4.69) is 11.8 Å². The normalized spacial score (nSPS) is 25.0. The first-order valence-electron chi connectivity index (χ1n) is 6.74. The Bertz CT molecular complexity index is 243. The molecule has 0 aromatic heterocycles. The second kappa shape index (κ2) is 6.97. The Balaban J connectivity index is 2.54. The highest BCUT2D eigenvalue weighted by Crippen LogP contribution is 2.22. The molecule has 17 heavy (non-hydrogen) atoms. The minimum atomic E-state index is 0.192. The van der Waals surface area contributed by atoms with Crippen molar-refractivity contribution in [3.8, 4) is 0 Å². The summed E-state index contributed by atoms with van der Waals surface area (Å²) in [5, 5.41) is 0. The maximum Gasteiger partial charge on any atom is 0.236 e. The van der Waals surface area contributed by atoms with Gasteiger partial charge in [0.25, 0.3) is 0 Å². The Morgan fingerprint density at radius 3 is 2.59 bits per heavy atom. The van der Waals surface area contributed by atoms with E-state index in [0.29, 0.717) is 18.6 Å². The monoisotopic (exact) mass is 241 g/mol. The zero-order chi connectivity index (χ0) is 12.8. The van der Waals surface area contributed by atoms with Gasteiger partial charge in [0, 0.05) is 26.2 Å². The second-order valence-corrected chi connectivity index (χ2v) is 5.34. The lowest BCUT2D eigenvalue weighted by Gasteiger charge is -2.36. The van der Waals surface area contributed by atoms with Crippen molar-refractivity contribution in [3.05, 3.63) is 0 Å². The smallest absolute Gasteiger partial charge is 0.236 e. The molecule has 0 heterocycles. The second-order valence-electron chi connectivity index (χ2n) is 5.34. The minimum Gasteiger partial charge on any atom is -0.348 e. The number of nitrogens with two attached hydrogens (primary N) is 1. The van der Waals surface area contributed by atoms with Crippen LogP contribution >= 0.6 is 0 Å². The average Bonchev–Trinajstić information content (AvgIpc) is 2.28. The Labute approximate surface area is 105 Å². The van der Waals surface area contributed by atoms with Gasteiger partial charge in [-0.25, -0.2) is 0 Å². The molecule has 4 heteroatoms. The molecule has 1 amide bonds. The Morgan fingerprint density at radius 2 is 2.06 bits per heavy atom. The van der Waals surface area contributed by atoms with Gasteiger partial charge in [0.15, 0.2) is 0 Å². The topological polar surface area (TPSA) is 49.6 Å². The molecule has 4 nitrogen and oxygen atoms in total. The van der Waals surface area contributed by atoms with Crippen molar-refractivity contribution in [2.24, 2.45) is 5.73 Å². The molecular weight excluding hydrogens is 214 g/mol. The Hall–Kier alpha value is -0.610. The molecule has 0 radical (unpaired) electrons. The molecule has 1 fully saturated rings. The van der Waals surface area contributed by atoms with Gasteiger partial charge in [-0.15, -0.1) is 0 Å². The largest absolute Gasteiger partial charge is 0.348 e. The van der Waals surface area contributed by atoms with Crippen LogP contribution in [0.5, 0.6) is 0 Å². The number of hydrogen-bond acceptors (Lipinski definition) is 3. The van der Waals surface area contributed by atoms with Crippen LogP contribution in [0.1, 0.15) is 39.0 Å². The van der Waals surface area contributed by atoms with Crippen molar-refractivity contribution < 1.29 is 4.79 Å². The number of rotatable bonds is 5. The third kappa shape index (κ3) is 4.64. The summed E-state index contributed by atoms with van der Waals surface area (Å²) < 4.78 is 0. The molecule has 2 N–H and O–H groups in total. The van der Waals surface area contributed by atoms with Gasteiger partial charge in [0.1, 0.15) is 0 Å². The zero-order valence-electron chi connectivity index (χ0n) is 11.5. The summed E-state index contributed by atoms with van der Waals surface area (Å²) in [5.41, 5.74) is 6.03. The van der Waals surface area contributed by atoms with Crippen molar-refractivity contribution >= 4 is 5.91 Å². The van der Waals surface area contributed by atoms with Crippen molar-refractivity contribution in [3.63, 3.8) is 0 Å². The van der Waals surface area contributed by atoms with Crippen molar-refractivity contribution in [2.45, 2.75) is 51.1 Å². The number of likely N-dealkylation sites (N-methyl/N-ethyl adjacent to an activating group) is 1. The van der Waals surface area contributed by atoms with Gasteiger partial charge in [0.05, 0.1) is 6.54 Å². The third-order valence-electron chi connectivity index (χ3n) is 3.55. The van der Waals surface area contributed by atoms with Gasteiger partial charge in [-0.1, -0.05) is 13.3 Å². The van der Waals surface area contributed by atoms with E-state index in [-0.39, 0.29) is 5.91 Å². The van der Waals surface area contributed by atoms with Crippen LogP contribution in [0.15, 0.2) is 0 Å². The lowest BCUT2D eigenvalue weighted by atomic mass is 9.90. The van der Waals surface area contributed by atoms with Gasteiger partial charge >= 0.3 is 0 Å². The maximum atomic E-state index is 11.8. The molecule has 1 aliphatic rings. The highest BCUT2D eigenvalue weighted by molar-refractivity contribution is 5.77. The van der Waals surface area contributed by atoms with Crippen LogP contribution in [0.3, 0.4) is 0 Å². The Kier molecular flexibility index (Phi) is 5.92. The molecule has 0 bridgehead atoms. The van der Waals surface area contributed by atoms with Crippen LogP contribution in [-0.2, 0) is 4.79 Å². The lowest BCUT2D eigenvalue weighted by Crippen LogP contribution is -2.47. The van der Waals surface area contributed by atoms with Crippen molar-refractivity contribution in [2.75, 3.05) is 27.2 Å². The number of carbonyl (C=O) groups excluding carboxylic acids is 1. The van der Waals surface area contributed by atoms with Crippen molar-refractivity contribution in [1.29, 1.82) is 0 Å². The molecule has 0 aromatic carbocycles. The summed E-state index contributed by atoms with van der Waals surface area (Å²) in [4.78, 5) is 15.8. The maximum absolute atomic E-state index is 11.8. The molecule has 100 valence electrons.